The van der Waals surface area contributed by atoms with E-state index in [9.17, 15) is 4.79 Å². The van der Waals surface area contributed by atoms with Gasteiger partial charge in [-0.05, 0) is 13.3 Å². The number of nitrogens with one attached hydrogen (secondary N) is 1. The molecule has 0 radical (unpaired) electrons. The summed E-state index contributed by atoms with van der Waals surface area (Å²) in [4.78, 5) is 10.8. The third kappa shape index (κ3) is 2.76. The number of aryl methyl sites for hydroxylation is 1. The van der Waals surface area contributed by atoms with Crippen LogP contribution in [0, 0.1) is 0 Å². The molecule has 0 aliphatic rings. The van der Waals surface area contributed by atoms with E-state index in [1.54, 1.807) is 10.9 Å². The highest BCUT2D eigenvalue weighted by atomic mass is 16.4. The van der Waals surface area contributed by atoms with Gasteiger partial charge in [0.2, 0.25) is 0 Å². The van der Waals surface area contributed by atoms with E-state index < -0.39 is 12.0 Å². The first-order valence-electron chi connectivity index (χ1n) is 4.89. The van der Waals surface area contributed by atoms with Crippen LogP contribution in [0.15, 0.2) is 6.33 Å². The molecule has 1 aromatic rings. The Balaban J connectivity index is 2.66. The van der Waals surface area contributed by atoms with Crippen molar-refractivity contribution in [3.05, 3.63) is 12.2 Å². The largest absolute Gasteiger partial charge is 0.480 e. The average Bonchev–Trinajstić information content (AvgIpc) is 2.60. The summed E-state index contributed by atoms with van der Waals surface area (Å²) in [7, 11) is 1.83. The molecule has 2 unspecified atom stereocenters. The van der Waals surface area contributed by atoms with Crippen LogP contribution >= 0.6 is 0 Å². The van der Waals surface area contributed by atoms with Gasteiger partial charge in [0.25, 0.3) is 0 Å². The fraction of sp³-hybridized carbons (Fsp3) is 0.667. The van der Waals surface area contributed by atoms with Crippen LogP contribution in [0.25, 0.3) is 0 Å². The van der Waals surface area contributed by atoms with Crippen LogP contribution in [0.3, 0.4) is 0 Å². The van der Waals surface area contributed by atoms with E-state index in [1.165, 1.54) is 0 Å². The van der Waals surface area contributed by atoms with E-state index in [-0.39, 0.29) is 6.04 Å². The van der Waals surface area contributed by atoms with Gasteiger partial charge in [0.05, 0.1) is 6.04 Å². The molecule has 0 saturated carbocycles. The van der Waals surface area contributed by atoms with E-state index in [4.69, 9.17) is 5.11 Å². The molecule has 0 amide bonds. The van der Waals surface area contributed by atoms with Gasteiger partial charge in [-0.3, -0.25) is 10.1 Å². The van der Waals surface area contributed by atoms with Crippen molar-refractivity contribution in [3.8, 4) is 0 Å². The first kappa shape index (κ1) is 11.6. The van der Waals surface area contributed by atoms with Crippen LogP contribution in [-0.4, -0.2) is 31.9 Å². The lowest BCUT2D eigenvalue weighted by molar-refractivity contribution is -0.139. The van der Waals surface area contributed by atoms with Gasteiger partial charge in [-0.15, -0.1) is 10.2 Å². The molecule has 0 spiro atoms. The number of carbonyl (C=O) groups is 1. The van der Waals surface area contributed by atoms with Crippen LogP contribution < -0.4 is 5.32 Å². The summed E-state index contributed by atoms with van der Waals surface area (Å²) < 4.78 is 1.77. The van der Waals surface area contributed by atoms with Gasteiger partial charge in [0.1, 0.15) is 18.2 Å². The molecule has 15 heavy (non-hydrogen) atoms. The normalized spacial score (nSPS) is 14.9. The predicted octanol–water partition coefficient (Wildman–Crippen LogP) is 0.329. The molecule has 0 saturated heterocycles. The molecule has 84 valence electrons. The molecule has 1 rings (SSSR count). The minimum absolute atomic E-state index is 0.126. The Kier molecular flexibility index (Phi) is 3.79. The molecule has 1 aromatic heterocycles. The number of hydrogen-bond donors (Lipinski definition) is 2. The molecule has 0 fully saturated rings. The molecule has 0 aromatic carbocycles. The fourth-order valence-electron chi connectivity index (χ4n) is 1.42. The quantitative estimate of drug-likeness (QED) is 0.735. The van der Waals surface area contributed by atoms with Crippen molar-refractivity contribution < 1.29 is 9.90 Å². The fourth-order valence-corrected chi connectivity index (χ4v) is 1.42. The topological polar surface area (TPSA) is 80.0 Å². The molecule has 0 bridgehead atoms. The summed E-state index contributed by atoms with van der Waals surface area (Å²) in [5, 5.41) is 19.5. The maximum atomic E-state index is 10.8. The van der Waals surface area contributed by atoms with Crippen LogP contribution in [-0.2, 0) is 11.8 Å². The average molecular weight is 212 g/mol. The Hall–Kier alpha value is -1.43. The molecule has 6 heteroatoms. The van der Waals surface area contributed by atoms with E-state index in [1.807, 2.05) is 20.9 Å². The van der Waals surface area contributed by atoms with Crippen LogP contribution in [0.5, 0.6) is 0 Å². The van der Waals surface area contributed by atoms with Crippen LogP contribution in [0.1, 0.15) is 32.1 Å². The number of aliphatic carboxylic acids is 1. The van der Waals surface area contributed by atoms with Gasteiger partial charge in [0, 0.05) is 7.05 Å². The van der Waals surface area contributed by atoms with E-state index in [2.05, 4.69) is 15.5 Å². The molecule has 6 nitrogen and oxygen atoms in total. The third-order valence-corrected chi connectivity index (χ3v) is 2.29. The minimum Gasteiger partial charge on any atom is -0.480 e. The summed E-state index contributed by atoms with van der Waals surface area (Å²) in [6.45, 7) is 3.70. The van der Waals surface area contributed by atoms with Gasteiger partial charge < -0.3 is 9.67 Å². The van der Waals surface area contributed by atoms with Gasteiger partial charge in [0.15, 0.2) is 0 Å². The van der Waals surface area contributed by atoms with Crippen molar-refractivity contribution in [2.45, 2.75) is 32.4 Å². The molecular formula is C9H16N4O2. The predicted molar refractivity (Wildman–Crippen MR) is 54.3 cm³/mol. The summed E-state index contributed by atoms with van der Waals surface area (Å²) in [6, 6.07) is -0.671. The maximum absolute atomic E-state index is 10.8. The molecule has 0 aliphatic heterocycles. The third-order valence-electron chi connectivity index (χ3n) is 2.29. The van der Waals surface area contributed by atoms with Crippen LogP contribution in [0.2, 0.25) is 0 Å². The number of carboxylic acids is 1. The van der Waals surface area contributed by atoms with E-state index in [0.29, 0.717) is 6.42 Å². The Morgan fingerprint density at radius 1 is 1.73 bits per heavy atom. The van der Waals surface area contributed by atoms with E-state index in [0.717, 1.165) is 5.82 Å². The lowest BCUT2D eigenvalue weighted by Crippen LogP contribution is -2.38. The zero-order valence-corrected chi connectivity index (χ0v) is 9.14. The summed E-state index contributed by atoms with van der Waals surface area (Å²) in [5.41, 5.74) is 0. The maximum Gasteiger partial charge on any atom is 0.320 e. The lowest BCUT2D eigenvalue weighted by Gasteiger charge is -2.17. The summed E-state index contributed by atoms with van der Waals surface area (Å²) >= 11 is 0. The van der Waals surface area contributed by atoms with E-state index >= 15 is 0 Å². The minimum atomic E-state index is -0.841. The Morgan fingerprint density at radius 3 is 2.80 bits per heavy atom. The second kappa shape index (κ2) is 4.88. The number of nitrogens with zero attached hydrogens (tertiary/aromatic N) is 3. The summed E-state index contributed by atoms with van der Waals surface area (Å²) in [5.74, 6) is -0.110. The smallest absolute Gasteiger partial charge is 0.320 e. The Morgan fingerprint density at radius 2 is 2.40 bits per heavy atom. The molecule has 0 aliphatic carbocycles. The molecular weight excluding hydrogens is 196 g/mol. The lowest BCUT2D eigenvalue weighted by atomic mass is 10.2. The van der Waals surface area contributed by atoms with Crippen LogP contribution in [0.4, 0.5) is 0 Å². The highest BCUT2D eigenvalue weighted by Crippen LogP contribution is 2.09. The van der Waals surface area contributed by atoms with Crippen molar-refractivity contribution in [3.63, 3.8) is 0 Å². The van der Waals surface area contributed by atoms with Crippen molar-refractivity contribution in [1.82, 2.24) is 20.1 Å². The van der Waals surface area contributed by atoms with Gasteiger partial charge in [-0.25, -0.2) is 0 Å². The highest BCUT2D eigenvalue weighted by molar-refractivity contribution is 5.73. The SMILES string of the molecule is CCC(NC(C)c1nncn1C)C(=O)O. The molecule has 2 atom stereocenters. The Bertz CT molecular complexity index is 337. The standard InChI is InChI=1S/C9H16N4O2/c1-4-7(9(14)15)11-6(2)8-12-10-5-13(8)3/h5-7,11H,4H2,1-3H3,(H,14,15). The first-order valence-corrected chi connectivity index (χ1v) is 4.89. The number of carboxylic acid groups (broad SMARTS) is 1. The van der Waals surface area contributed by atoms with Gasteiger partial charge in [-0.1, -0.05) is 6.92 Å². The molecule has 2 N–H and O–H groups in total. The van der Waals surface area contributed by atoms with Gasteiger partial charge in [-0.2, -0.15) is 0 Å². The first-order chi connectivity index (χ1) is 7.06. The Labute approximate surface area is 88.3 Å². The number of aromatic nitrogens is 3. The second-order valence-electron chi connectivity index (χ2n) is 3.49. The highest BCUT2D eigenvalue weighted by Gasteiger charge is 2.20. The second-order valence-corrected chi connectivity index (χ2v) is 3.49. The summed E-state index contributed by atoms with van der Waals surface area (Å²) in [6.07, 6.45) is 2.13. The molecule has 1 heterocycles. The van der Waals surface area contributed by atoms with Crippen molar-refractivity contribution in [2.75, 3.05) is 0 Å². The zero-order chi connectivity index (χ0) is 11.4. The monoisotopic (exact) mass is 212 g/mol. The van der Waals surface area contributed by atoms with Crippen molar-refractivity contribution in [1.29, 1.82) is 0 Å². The van der Waals surface area contributed by atoms with Gasteiger partial charge >= 0.3 is 5.97 Å². The van der Waals surface area contributed by atoms with Crippen molar-refractivity contribution >= 4 is 5.97 Å². The van der Waals surface area contributed by atoms with Crippen molar-refractivity contribution in [2.24, 2.45) is 7.05 Å². The zero-order valence-electron chi connectivity index (χ0n) is 9.14. The number of hydrogen-bond acceptors (Lipinski definition) is 4. The number of rotatable bonds is 5.